The lowest BCUT2D eigenvalue weighted by Gasteiger charge is -2.08. The summed E-state index contributed by atoms with van der Waals surface area (Å²) in [6.45, 7) is 2.34. The molecule has 126 valence electrons. The Morgan fingerprint density at radius 1 is 1.35 bits per heavy atom. The summed E-state index contributed by atoms with van der Waals surface area (Å²) in [6, 6.07) is 5.95. The van der Waals surface area contributed by atoms with Gasteiger partial charge in [-0.1, -0.05) is 6.07 Å². The smallest absolute Gasteiger partial charge is 0.272 e. The quantitative estimate of drug-likeness (QED) is 0.833. The van der Waals surface area contributed by atoms with Crippen molar-refractivity contribution >= 4 is 10.0 Å². The van der Waals surface area contributed by atoms with Gasteiger partial charge in [0.2, 0.25) is 15.9 Å². The van der Waals surface area contributed by atoms with Crippen LogP contribution in [0.5, 0.6) is 5.88 Å². The van der Waals surface area contributed by atoms with Gasteiger partial charge in [-0.3, -0.25) is 0 Å². The Bertz CT molecular complexity index is 775. The molecule has 0 fully saturated rings. The van der Waals surface area contributed by atoms with E-state index in [0.717, 1.165) is 0 Å². The zero-order valence-corrected chi connectivity index (χ0v) is 13.4. The Labute approximate surface area is 132 Å². The topological polar surface area (TPSA) is 81.4 Å². The van der Waals surface area contributed by atoms with Gasteiger partial charge >= 0.3 is 0 Å². The largest absolute Gasteiger partial charge is 0.472 e. The second kappa shape index (κ2) is 7.05. The van der Waals surface area contributed by atoms with E-state index in [9.17, 15) is 17.2 Å². The number of aryl methyl sites for hydroxylation is 2. The maximum Gasteiger partial charge on any atom is 0.272 e. The standard InChI is InChI=1S/C14H16F2N2O4S/c1-9-6-12(10(2)22-9)23(19,20)17-7-11-4-3-5-14(18-11)21-8-13(15)16/h3-6,13,17H,7-8H2,1-2H3. The number of pyridine rings is 1. The molecule has 2 aromatic heterocycles. The van der Waals surface area contributed by atoms with E-state index in [2.05, 4.69) is 9.71 Å². The van der Waals surface area contributed by atoms with Gasteiger partial charge in [0.1, 0.15) is 16.4 Å². The number of hydrogen-bond donors (Lipinski definition) is 1. The van der Waals surface area contributed by atoms with Crippen molar-refractivity contribution in [2.45, 2.75) is 31.7 Å². The summed E-state index contributed by atoms with van der Waals surface area (Å²) in [4.78, 5) is 4.02. The summed E-state index contributed by atoms with van der Waals surface area (Å²) in [6.07, 6.45) is -2.61. The SMILES string of the molecule is Cc1cc(S(=O)(=O)NCc2cccc(OCC(F)F)n2)c(C)o1. The van der Waals surface area contributed by atoms with Gasteiger partial charge in [-0.15, -0.1) is 0 Å². The minimum atomic E-state index is -3.75. The van der Waals surface area contributed by atoms with E-state index in [0.29, 0.717) is 11.5 Å². The number of rotatable bonds is 7. The van der Waals surface area contributed by atoms with E-state index in [4.69, 9.17) is 9.15 Å². The number of ether oxygens (including phenoxy) is 1. The first-order chi connectivity index (χ1) is 10.8. The zero-order valence-electron chi connectivity index (χ0n) is 12.5. The molecule has 0 saturated heterocycles. The predicted molar refractivity (Wildman–Crippen MR) is 77.9 cm³/mol. The molecule has 0 spiro atoms. The van der Waals surface area contributed by atoms with Crippen LogP contribution in [-0.2, 0) is 16.6 Å². The molecule has 0 amide bonds. The molecule has 1 N–H and O–H groups in total. The van der Waals surface area contributed by atoms with Crippen molar-refractivity contribution in [3.05, 3.63) is 41.5 Å². The van der Waals surface area contributed by atoms with Gasteiger partial charge in [-0.25, -0.2) is 26.9 Å². The highest BCUT2D eigenvalue weighted by Crippen LogP contribution is 2.19. The number of alkyl halides is 2. The molecule has 0 saturated carbocycles. The van der Waals surface area contributed by atoms with Crippen LogP contribution in [0.25, 0.3) is 0 Å². The van der Waals surface area contributed by atoms with Crippen LogP contribution < -0.4 is 9.46 Å². The van der Waals surface area contributed by atoms with Gasteiger partial charge in [-0.2, -0.15) is 0 Å². The second-order valence-corrected chi connectivity index (χ2v) is 6.51. The van der Waals surface area contributed by atoms with E-state index >= 15 is 0 Å². The third-order valence-electron chi connectivity index (χ3n) is 2.87. The van der Waals surface area contributed by atoms with Crippen LogP contribution in [0.1, 0.15) is 17.2 Å². The highest BCUT2D eigenvalue weighted by Gasteiger charge is 2.20. The minimum absolute atomic E-state index is 0.0114. The van der Waals surface area contributed by atoms with E-state index in [-0.39, 0.29) is 23.1 Å². The summed E-state index contributed by atoms with van der Waals surface area (Å²) in [5, 5.41) is 0. The summed E-state index contributed by atoms with van der Waals surface area (Å²) in [7, 11) is -3.75. The van der Waals surface area contributed by atoms with Crippen LogP contribution in [0.4, 0.5) is 8.78 Å². The molecule has 23 heavy (non-hydrogen) atoms. The van der Waals surface area contributed by atoms with E-state index < -0.39 is 23.1 Å². The molecular weight excluding hydrogens is 330 g/mol. The van der Waals surface area contributed by atoms with Crippen LogP contribution in [0, 0.1) is 13.8 Å². The summed E-state index contributed by atoms with van der Waals surface area (Å²) in [5.74, 6) is 0.790. The van der Waals surface area contributed by atoms with E-state index in [1.807, 2.05) is 0 Å². The molecule has 0 aliphatic heterocycles. The van der Waals surface area contributed by atoms with Gasteiger partial charge in [0.25, 0.3) is 6.43 Å². The lowest BCUT2D eigenvalue weighted by molar-refractivity contribution is 0.0795. The molecule has 0 atom stereocenters. The summed E-state index contributed by atoms with van der Waals surface area (Å²) < 4.78 is 61.0. The predicted octanol–water partition coefficient (Wildman–Crippen LogP) is 2.41. The summed E-state index contributed by atoms with van der Waals surface area (Å²) in [5.41, 5.74) is 0.346. The van der Waals surface area contributed by atoms with Crippen LogP contribution in [0.2, 0.25) is 0 Å². The summed E-state index contributed by atoms with van der Waals surface area (Å²) >= 11 is 0. The lowest BCUT2D eigenvalue weighted by atomic mass is 10.3. The van der Waals surface area contributed by atoms with Crippen LogP contribution in [-0.4, -0.2) is 26.4 Å². The molecule has 2 heterocycles. The molecule has 0 aromatic carbocycles. The number of nitrogens with one attached hydrogen (secondary N) is 1. The highest BCUT2D eigenvalue weighted by molar-refractivity contribution is 7.89. The average molecular weight is 346 g/mol. The highest BCUT2D eigenvalue weighted by atomic mass is 32.2. The molecule has 0 aliphatic rings. The van der Waals surface area contributed by atoms with Gasteiger partial charge in [0.15, 0.2) is 6.61 Å². The van der Waals surface area contributed by atoms with Crippen molar-refractivity contribution in [2.75, 3.05) is 6.61 Å². The van der Waals surface area contributed by atoms with Crippen molar-refractivity contribution in [3.63, 3.8) is 0 Å². The molecule has 2 aromatic rings. The number of furan rings is 1. The monoisotopic (exact) mass is 346 g/mol. The molecule has 6 nitrogen and oxygen atoms in total. The molecule has 0 aliphatic carbocycles. The lowest BCUT2D eigenvalue weighted by Crippen LogP contribution is -2.24. The molecule has 2 rings (SSSR count). The molecule has 9 heteroatoms. The van der Waals surface area contributed by atoms with Crippen molar-refractivity contribution in [1.82, 2.24) is 9.71 Å². The van der Waals surface area contributed by atoms with Crippen molar-refractivity contribution in [1.29, 1.82) is 0 Å². The Kier molecular flexibility index (Phi) is 5.32. The molecule has 0 unspecified atom stereocenters. The number of nitrogens with zero attached hydrogens (tertiary/aromatic N) is 1. The Balaban J connectivity index is 2.05. The van der Waals surface area contributed by atoms with Gasteiger partial charge in [0, 0.05) is 6.07 Å². The Morgan fingerprint density at radius 2 is 2.09 bits per heavy atom. The molecular formula is C14H16F2N2O4S. The van der Waals surface area contributed by atoms with E-state index in [1.54, 1.807) is 26.0 Å². The fourth-order valence-corrected chi connectivity index (χ4v) is 3.14. The van der Waals surface area contributed by atoms with Crippen LogP contribution in [0.15, 0.2) is 33.6 Å². The normalized spacial score (nSPS) is 11.9. The van der Waals surface area contributed by atoms with Crippen molar-refractivity contribution < 1.29 is 26.4 Å². The van der Waals surface area contributed by atoms with Gasteiger partial charge in [0.05, 0.1) is 12.2 Å². The third kappa shape index (κ3) is 4.73. The Morgan fingerprint density at radius 3 is 2.70 bits per heavy atom. The second-order valence-electron chi connectivity index (χ2n) is 4.77. The maximum absolute atomic E-state index is 12.2. The van der Waals surface area contributed by atoms with E-state index in [1.165, 1.54) is 12.1 Å². The number of aromatic nitrogens is 1. The van der Waals surface area contributed by atoms with Gasteiger partial charge < -0.3 is 9.15 Å². The number of hydrogen-bond acceptors (Lipinski definition) is 5. The van der Waals surface area contributed by atoms with Crippen molar-refractivity contribution in [2.24, 2.45) is 0 Å². The fraction of sp³-hybridized carbons (Fsp3) is 0.357. The van der Waals surface area contributed by atoms with Gasteiger partial charge in [-0.05, 0) is 26.0 Å². The van der Waals surface area contributed by atoms with Crippen LogP contribution >= 0.6 is 0 Å². The van der Waals surface area contributed by atoms with Crippen LogP contribution in [0.3, 0.4) is 0 Å². The van der Waals surface area contributed by atoms with Crippen molar-refractivity contribution in [3.8, 4) is 5.88 Å². The number of halogens is 2. The minimum Gasteiger partial charge on any atom is -0.472 e. The molecule has 0 bridgehead atoms. The zero-order chi connectivity index (χ0) is 17.0. The molecule has 0 radical (unpaired) electrons. The Hall–Kier alpha value is -2.00. The third-order valence-corrected chi connectivity index (χ3v) is 4.38. The maximum atomic E-state index is 12.2. The number of sulfonamides is 1. The first kappa shape index (κ1) is 17.4. The average Bonchev–Trinajstić information content (AvgIpc) is 2.83. The fourth-order valence-electron chi connectivity index (χ4n) is 1.91. The first-order valence-electron chi connectivity index (χ1n) is 6.71. The first-order valence-corrected chi connectivity index (χ1v) is 8.20.